The molecule has 0 bridgehead atoms. The number of aromatic nitrogens is 1. The lowest BCUT2D eigenvalue weighted by atomic mass is 9.77. The Kier molecular flexibility index (Phi) is 3.97. The number of amides is 1. The summed E-state index contributed by atoms with van der Waals surface area (Å²) in [6.45, 7) is 2.21. The summed E-state index contributed by atoms with van der Waals surface area (Å²) in [4.78, 5) is 16.1. The zero-order valence-electron chi connectivity index (χ0n) is 10.7. The number of hydrogen-bond acceptors (Lipinski definition) is 3. The van der Waals surface area contributed by atoms with Gasteiger partial charge in [0.2, 0.25) is 0 Å². The maximum atomic E-state index is 12.1. The van der Waals surface area contributed by atoms with Gasteiger partial charge in [-0.25, -0.2) is 0 Å². The van der Waals surface area contributed by atoms with Crippen LogP contribution in [0.3, 0.4) is 0 Å². The highest BCUT2D eigenvalue weighted by atomic mass is 16.3. The third kappa shape index (κ3) is 2.88. The van der Waals surface area contributed by atoms with Gasteiger partial charge >= 0.3 is 0 Å². The van der Waals surface area contributed by atoms with Crippen molar-refractivity contribution >= 4 is 5.91 Å². The molecule has 2 N–H and O–H groups in total. The van der Waals surface area contributed by atoms with Gasteiger partial charge in [0.1, 0.15) is 5.69 Å². The first-order valence-electron chi connectivity index (χ1n) is 6.50. The van der Waals surface area contributed by atoms with Crippen molar-refractivity contribution in [2.24, 2.45) is 5.92 Å². The molecule has 1 fully saturated rings. The van der Waals surface area contributed by atoms with Crippen molar-refractivity contribution in [3.63, 3.8) is 0 Å². The first-order chi connectivity index (χ1) is 8.65. The SMILES string of the molecule is CC1CCC(CO)(NC(=O)c2ccccn2)CC1. The Morgan fingerprint density at radius 2 is 2.22 bits per heavy atom. The molecule has 18 heavy (non-hydrogen) atoms. The van der Waals surface area contributed by atoms with Gasteiger partial charge in [-0.1, -0.05) is 13.0 Å². The molecule has 0 radical (unpaired) electrons. The maximum Gasteiger partial charge on any atom is 0.270 e. The van der Waals surface area contributed by atoms with E-state index in [0.29, 0.717) is 11.6 Å². The number of hydrogen-bond donors (Lipinski definition) is 2. The van der Waals surface area contributed by atoms with E-state index in [0.717, 1.165) is 25.7 Å². The van der Waals surface area contributed by atoms with E-state index in [-0.39, 0.29) is 12.5 Å². The molecule has 1 aromatic rings. The quantitative estimate of drug-likeness (QED) is 0.856. The van der Waals surface area contributed by atoms with Crippen molar-refractivity contribution in [1.29, 1.82) is 0 Å². The molecule has 0 unspecified atom stereocenters. The normalized spacial score (nSPS) is 27.8. The molecule has 4 heteroatoms. The number of nitrogens with zero attached hydrogens (tertiary/aromatic N) is 1. The van der Waals surface area contributed by atoms with Crippen LogP contribution in [-0.4, -0.2) is 28.1 Å². The van der Waals surface area contributed by atoms with Crippen LogP contribution in [0.15, 0.2) is 24.4 Å². The third-order valence-electron chi connectivity index (χ3n) is 3.81. The van der Waals surface area contributed by atoms with Crippen molar-refractivity contribution in [2.75, 3.05) is 6.61 Å². The summed E-state index contributed by atoms with van der Waals surface area (Å²) in [7, 11) is 0. The van der Waals surface area contributed by atoms with Crippen molar-refractivity contribution in [3.05, 3.63) is 30.1 Å². The molecule has 1 aliphatic carbocycles. The maximum absolute atomic E-state index is 12.1. The molecule has 4 nitrogen and oxygen atoms in total. The number of aliphatic hydroxyl groups excluding tert-OH is 1. The van der Waals surface area contributed by atoms with E-state index in [9.17, 15) is 9.90 Å². The van der Waals surface area contributed by atoms with Crippen molar-refractivity contribution in [3.8, 4) is 0 Å². The second kappa shape index (κ2) is 5.48. The number of carbonyl (C=O) groups excluding carboxylic acids is 1. The molecule has 1 heterocycles. The fourth-order valence-electron chi connectivity index (χ4n) is 2.44. The average Bonchev–Trinajstić information content (AvgIpc) is 2.43. The lowest BCUT2D eigenvalue weighted by Gasteiger charge is -2.38. The first-order valence-corrected chi connectivity index (χ1v) is 6.50. The molecule has 1 aliphatic rings. The smallest absolute Gasteiger partial charge is 0.270 e. The Labute approximate surface area is 107 Å². The molecule has 1 saturated carbocycles. The second-order valence-electron chi connectivity index (χ2n) is 5.29. The molecule has 0 aromatic carbocycles. The summed E-state index contributed by atoms with van der Waals surface area (Å²) in [5, 5.41) is 12.6. The largest absolute Gasteiger partial charge is 0.394 e. The Balaban J connectivity index is 2.05. The van der Waals surface area contributed by atoms with Crippen LogP contribution in [0, 0.1) is 5.92 Å². The van der Waals surface area contributed by atoms with Crippen LogP contribution in [0.5, 0.6) is 0 Å². The van der Waals surface area contributed by atoms with E-state index in [1.807, 2.05) is 0 Å². The minimum absolute atomic E-state index is 0.00169. The molecule has 98 valence electrons. The molecule has 2 rings (SSSR count). The lowest BCUT2D eigenvalue weighted by molar-refractivity contribution is 0.0712. The van der Waals surface area contributed by atoms with Gasteiger partial charge in [-0.05, 0) is 43.7 Å². The van der Waals surface area contributed by atoms with Gasteiger partial charge in [-0.2, -0.15) is 0 Å². The monoisotopic (exact) mass is 248 g/mol. The molecular weight excluding hydrogens is 228 g/mol. The van der Waals surface area contributed by atoms with Crippen molar-refractivity contribution < 1.29 is 9.90 Å². The average molecular weight is 248 g/mol. The first kappa shape index (κ1) is 13.0. The highest BCUT2D eigenvalue weighted by molar-refractivity contribution is 5.92. The molecule has 0 spiro atoms. The summed E-state index contributed by atoms with van der Waals surface area (Å²) in [6.07, 6.45) is 5.36. The Morgan fingerprint density at radius 3 is 2.78 bits per heavy atom. The van der Waals surface area contributed by atoms with E-state index in [1.165, 1.54) is 0 Å². The molecule has 0 saturated heterocycles. The van der Waals surface area contributed by atoms with Crippen LogP contribution in [0.1, 0.15) is 43.1 Å². The topological polar surface area (TPSA) is 62.2 Å². The Hall–Kier alpha value is -1.42. The highest BCUT2D eigenvalue weighted by Crippen LogP contribution is 2.31. The second-order valence-corrected chi connectivity index (χ2v) is 5.29. The van der Waals surface area contributed by atoms with Gasteiger partial charge < -0.3 is 10.4 Å². The summed E-state index contributed by atoms with van der Waals surface area (Å²) in [5.41, 5.74) is -0.0508. The Morgan fingerprint density at radius 1 is 1.50 bits per heavy atom. The van der Waals surface area contributed by atoms with Gasteiger partial charge in [0.05, 0.1) is 12.1 Å². The number of rotatable bonds is 3. The van der Waals surface area contributed by atoms with Crippen LogP contribution in [0.2, 0.25) is 0 Å². The van der Waals surface area contributed by atoms with Gasteiger partial charge in [0.15, 0.2) is 0 Å². The van der Waals surface area contributed by atoms with Gasteiger partial charge in [0.25, 0.3) is 5.91 Å². The minimum atomic E-state index is -0.457. The van der Waals surface area contributed by atoms with Crippen molar-refractivity contribution in [2.45, 2.75) is 38.1 Å². The highest BCUT2D eigenvalue weighted by Gasteiger charge is 2.35. The van der Waals surface area contributed by atoms with Crippen LogP contribution in [0.4, 0.5) is 0 Å². The number of pyridine rings is 1. The number of aliphatic hydroxyl groups is 1. The van der Waals surface area contributed by atoms with E-state index in [2.05, 4.69) is 17.2 Å². The van der Waals surface area contributed by atoms with Gasteiger partial charge in [-0.15, -0.1) is 0 Å². The fourth-order valence-corrected chi connectivity index (χ4v) is 2.44. The summed E-state index contributed by atoms with van der Waals surface area (Å²) in [6, 6.07) is 5.25. The number of nitrogens with one attached hydrogen (secondary N) is 1. The predicted octanol–water partition coefficient (Wildman–Crippen LogP) is 1.75. The zero-order valence-corrected chi connectivity index (χ0v) is 10.7. The van der Waals surface area contributed by atoms with Gasteiger partial charge in [0, 0.05) is 6.20 Å². The summed E-state index contributed by atoms with van der Waals surface area (Å²) < 4.78 is 0. The van der Waals surface area contributed by atoms with Crippen LogP contribution < -0.4 is 5.32 Å². The number of carbonyl (C=O) groups is 1. The molecule has 1 amide bonds. The standard InChI is InChI=1S/C14H20N2O2/c1-11-5-7-14(10-17,8-6-11)16-13(18)12-4-2-3-9-15-12/h2-4,9,11,17H,5-8,10H2,1H3,(H,16,18). The van der Waals surface area contributed by atoms with E-state index in [4.69, 9.17) is 0 Å². The van der Waals surface area contributed by atoms with E-state index >= 15 is 0 Å². The zero-order chi connectivity index (χ0) is 13.0. The summed E-state index contributed by atoms with van der Waals surface area (Å²) >= 11 is 0. The Bertz CT molecular complexity index is 398. The fraction of sp³-hybridized carbons (Fsp3) is 0.571. The molecule has 0 atom stereocenters. The third-order valence-corrected chi connectivity index (χ3v) is 3.81. The molecule has 0 aliphatic heterocycles. The summed E-state index contributed by atoms with van der Waals surface area (Å²) in [5.74, 6) is 0.482. The van der Waals surface area contributed by atoms with Crippen LogP contribution >= 0.6 is 0 Å². The minimum Gasteiger partial charge on any atom is -0.394 e. The van der Waals surface area contributed by atoms with E-state index < -0.39 is 5.54 Å². The van der Waals surface area contributed by atoms with Crippen molar-refractivity contribution in [1.82, 2.24) is 10.3 Å². The predicted molar refractivity (Wildman–Crippen MR) is 69.2 cm³/mol. The van der Waals surface area contributed by atoms with Crippen LogP contribution in [0.25, 0.3) is 0 Å². The van der Waals surface area contributed by atoms with E-state index in [1.54, 1.807) is 24.4 Å². The van der Waals surface area contributed by atoms with Gasteiger partial charge in [-0.3, -0.25) is 9.78 Å². The molecular formula is C14H20N2O2. The molecule has 1 aromatic heterocycles. The van der Waals surface area contributed by atoms with Crippen LogP contribution in [-0.2, 0) is 0 Å². The lowest BCUT2D eigenvalue weighted by Crippen LogP contribution is -2.53.